The molecule has 4 rings (SSSR count). The zero-order valence-corrected chi connectivity index (χ0v) is 17.1. The molecule has 1 saturated carbocycles. The van der Waals surface area contributed by atoms with Crippen molar-refractivity contribution in [3.63, 3.8) is 0 Å². The van der Waals surface area contributed by atoms with E-state index in [2.05, 4.69) is 22.2 Å². The smallest absolute Gasteiger partial charge is 0.249 e. The van der Waals surface area contributed by atoms with E-state index >= 15 is 0 Å². The van der Waals surface area contributed by atoms with Gasteiger partial charge in [-0.2, -0.15) is 4.98 Å². The van der Waals surface area contributed by atoms with E-state index in [0.29, 0.717) is 36.3 Å². The average Bonchev–Trinajstić information content (AvgIpc) is 3.05. The number of pyridine rings is 1. The van der Waals surface area contributed by atoms with Crippen LogP contribution in [0.2, 0.25) is 0 Å². The highest BCUT2D eigenvalue weighted by Gasteiger charge is 2.29. The maximum Gasteiger partial charge on any atom is 0.249 e. The zero-order chi connectivity index (χ0) is 20.8. The van der Waals surface area contributed by atoms with E-state index in [4.69, 9.17) is 6.35 Å². The minimum atomic E-state index is -3.26. The van der Waals surface area contributed by atoms with Crippen molar-refractivity contribution in [2.75, 3.05) is 24.7 Å². The highest BCUT2D eigenvalue weighted by molar-refractivity contribution is 7.88. The summed E-state index contributed by atoms with van der Waals surface area (Å²) >= 11 is 0. The number of nitrogens with one attached hydrogen (secondary N) is 2. The number of H-pyrrole nitrogens is 1. The molecule has 0 aromatic carbocycles. The first-order valence-corrected chi connectivity index (χ1v) is 11.6. The average molecular weight is 407 g/mol. The second-order valence-electron chi connectivity index (χ2n) is 7.92. The largest absolute Gasteiger partial charge is 0.351 e. The number of fused-ring (bicyclic) bond motifs is 1. The molecule has 2 aliphatic rings. The lowest BCUT2D eigenvalue weighted by Gasteiger charge is -2.30. The number of sulfonamides is 1. The van der Waals surface area contributed by atoms with Gasteiger partial charge in [0.1, 0.15) is 5.65 Å². The minimum Gasteiger partial charge on any atom is -0.351 e. The van der Waals surface area contributed by atoms with Crippen LogP contribution in [-0.4, -0.2) is 53.0 Å². The van der Waals surface area contributed by atoms with E-state index in [1.807, 2.05) is 0 Å². The van der Waals surface area contributed by atoms with Crippen molar-refractivity contribution >= 4 is 27.0 Å². The van der Waals surface area contributed by atoms with Crippen LogP contribution in [0.3, 0.4) is 0 Å². The summed E-state index contributed by atoms with van der Waals surface area (Å²) < 4.78 is 33.6. The van der Waals surface area contributed by atoms with Crippen molar-refractivity contribution in [2.24, 2.45) is 5.92 Å². The number of hydrogen-bond acceptors (Lipinski definition) is 6. The van der Waals surface area contributed by atoms with Gasteiger partial charge in [-0.3, -0.25) is 4.79 Å². The van der Waals surface area contributed by atoms with Gasteiger partial charge in [-0.15, -0.1) is 0 Å². The Bertz CT molecular complexity index is 1080. The van der Waals surface area contributed by atoms with Gasteiger partial charge in [0.25, 0.3) is 0 Å². The third-order valence-corrected chi connectivity index (χ3v) is 7.22. The van der Waals surface area contributed by atoms with Gasteiger partial charge in [-0.05, 0) is 31.2 Å². The molecule has 0 unspecified atom stereocenters. The third-order valence-electron chi connectivity index (χ3n) is 5.91. The van der Waals surface area contributed by atoms with E-state index in [1.54, 1.807) is 6.07 Å². The summed E-state index contributed by atoms with van der Waals surface area (Å²) in [5.74, 6) is 1.10. The topological polar surface area (TPSA) is 108 Å². The van der Waals surface area contributed by atoms with Crippen LogP contribution in [0.25, 0.3) is 11.0 Å². The Hall–Kier alpha value is -2.00. The van der Waals surface area contributed by atoms with Crippen molar-refractivity contribution in [3.05, 3.63) is 28.2 Å². The Morgan fingerprint density at radius 1 is 1.21 bits per heavy atom. The second kappa shape index (κ2) is 7.44. The lowest BCUT2D eigenvalue weighted by Crippen LogP contribution is -2.42. The van der Waals surface area contributed by atoms with E-state index in [-0.39, 0.29) is 18.6 Å². The molecule has 152 valence electrons. The standard InChI is InChI=1S/C19H27N5O3S/c1-12-4-3-5-14(12)17-15-6-7-16(25)21-18(15)23-19(22-17)20-13-8-10-24(11-9-13)28(2,26)27/h6-7,12-14H,3-5,8-11H2,1-2H3,(H2,20,21,22,23,25)/t12-,14+/m0/s1/i13D. The molecule has 0 radical (unpaired) electrons. The number of nitrogens with zero attached hydrogens (tertiary/aromatic N) is 3. The van der Waals surface area contributed by atoms with Crippen LogP contribution in [0.1, 0.15) is 52.0 Å². The molecule has 2 aromatic heterocycles. The van der Waals surface area contributed by atoms with Crippen LogP contribution >= 0.6 is 0 Å². The van der Waals surface area contributed by atoms with Crippen molar-refractivity contribution in [2.45, 2.75) is 51.0 Å². The molecule has 1 saturated heterocycles. The summed E-state index contributed by atoms with van der Waals surface area (Å²) in [5, 5.41) is 3.97. The molecule has 9 heteroatoms. The quantitative estimate of drug-likeness (QED) is 0.805. The Kier molecular flexibility index (Phi) is 4.80. The maximum absolute atomic E-state index is 11.8. The van der Waals surface area contributed by atoms with E-state index in [9.17, 15) is 13.2 Å². The Morgan fingerprint density at radius 2 is 1.96 bits per heavy atom. The van der Waals surface area contributed by atoms with E-state index in [1.165, 1.54) is 16.6 Å². The Balaban J connectivity index is 1.66. The molecular weight excluding hydrogens is 378 g/mol. The summed E-state index contributed by atoms with van der Waals surface area (Å²) in [6.45, 7) is 2.79. The molecule has 0 amide bonds. The minimum absolute atomic E-state index is 0.227. The number of aromatic nitrogens is 3. The second-order valence-corrected chi connectivity index (χ2v) is 9.91. The van der Waals surface area contributed by atoms with Gasteiger partial charge < -0.3 is 10.3 Å². The first-order chi connectivity index (χ1) is 13.6. The van der Waals surface area contributed by atoms with Crippen molar-refractivity contribution in [3.8, 4) is 0 Å². The van der Waals surface area contributed by atoms with Gasteiger partial charge in [-0.25, -0.2) is 17.7 Å². The van der Waals surface area contributed by atoms with Gasteiger partial charge in [0.05, 0.1) is 13.3 Å². The highest BCUT2D eigenvalue weighted by Crippen LogP contribution is 2.40. The van der Waals surface area contributed by atoms with Crippen LogP contribution in [0.15, 0.2) is 16.9 Å². The zero-order valence-electron chi connectivity index (χ0n) is 17.2. The van der Waals surface area contributed by atoms with Gasteiger partial charge in [0.2, 0.25) is 21.5 Å². The molecule has 1 aliphatic heterocycles. The molecule has 3 heterocycles. The molecule has 2 aromatic rings. The number of anilines is 1. The monoisotopic (exact) mass is 406 g/mol. The number of aromatic amines is 1. The van der Waals surface area contributed by atoms with Crippen molar-refractivity contribution in [1.82, 2.24) is 19.3 Å². The third kappa shape index (κ3) is 3.91. The summed E-state index contributed by atoms with van der Waals surface area (Å²) in [6.07, 6.45) is 5.19. The molecule has 2 fully saturated rings. The molecule has 0 spiro atoms. The van der Waals surface area contributed by atoms with Crippen LogP contribution in [-0.2, 0) is 10.0 Å². The lowest BCUT2D eigenvalue weighted by atomic mass is 9.92. The fraction of sp³-hybridized carbons (Fsp3) is 0.632. The number of piperidine rings is 1. The first kappa shape index (κ1) is 18.1. The molecule has 2 atom stereocenters. The van der Waals surface area contributed by atoms with Crippen LogP contribution in [0, 0.1) is 5.92 Å². The van der Waals surface area contributed by atoms with Gasteiger partial charge in [0, 0.05) is 36.5 Å². The predicted molar refractivity (Wildman–Crippen MR) is 109 cm³/mol. The van der Waals surface area contributed by atoms with E-state index < -0.39 is 16.0 Å². The van der Waals surface area contributed by atoms with Gasteiger partial charge in [0.15, 0.2) is 0 Å². The summed E-state index contributed by atoms with van der Waals surface area (Å²) in [7, 11) is -3.26. The van der Waals surface area contributed by atoms with E-state index in [0.717, 1.165) is 30.3 Å². The number of hydrogen-bond donors (Lipinski definition) is 2. The normalized spacial score (nSPS) is 26.3. The summed E-state index contributed by atoms with van der Waals surface area (Å²) in [4.78, 5) is 23.9. The Labute approximate surface area is 166 Å². The first-order valence-electron chi connectivity index (χ1n) is 10.3. The molecule has 0 bridgehead atoms. The van der Waals surface area contributed by atoms with Crippen LogP contribution in [0.5, 0.6) is 0 Å². The van der Waals surface area contributed by atoms with Crippen LogP contribution < -0.4 is 10.9 Å². The van der Waals surface area contributed by atoms with Crippen LogP contribution in [0.4, 0.5) is 5.95 Å². The lowest BCUT2D eigenvalue weighted by molar-refractivity contribution is 0.331. The SMILES string of the molecule is [2H]C1(Nc2nc([C@@H]3CCC[C@@H]3C)c3ccc(=O)[nH]c3n2)CCN(S(C)(=O)=O)CC1. The van der Waals surface area contributed by atoms with Crippen molar-refractivity contribution in [1.29, 1.82) is 0 Å². The van der Waals surface area contributed by atoms with Gasteiger partial charge in [-0.1, -0.05) is 19.8 Å². The molecule has 8 nitrogen and oxygen atoms in total. The molecule has 2 N–H and O–H groups in total. The van der Waals surface area contributed by atoms with Gasteiger partial charge >= 0.3 is 0 Å². The number of rotatable bonds is 4. The summed E-state index contributed by atoms with van der Waals surface area (Å²) in [5.41, 5.74) is 1.16. The maximum atomic E-state index is 11.8. The highest BCUT2D eigenvalue weighted by atomic mass is 32.2. The molecule has 1 aliphatic carbocycles. The predicted octanol–water partition coefficient (Wildman–Crippen LogP) is 2.06. The Morgan fingerprint density at radius 3 is 2.61 bits per heavy atom. The fourth-order valence-electron chi connectivity index (χ4n) is 4.32. The summed E-state index contributed by atoms with van der Waals surface area (Å²) in [6, 6.07) is 2.22. The van der Waals surface area contributed by atoms with Crippen molar-refractivity contribution < 1.29 is 9.79 Å². The molecule has 28 heavy (non-hydrogen) atoms. The molecular formula is C19H27N5O3S. The fourth-order valence-corrected chi connectivity index (χ4v) is 5.17.